The minimum absolute atomic E-state index is 0.105. The standard InChI is InChI=1S/C17H18O/c1-3-5-14-6-4-7-16(12-14)17(18)15-10-8-13(2)9-11-15/h4,6-12H,3,5H2,1-2H3. The lowest BCUT2D eigenvalue weighted by atomic mass is 9.99. The fraction of sp³-hybridized carbons (Fsp3) is 0.235. The Morgan fingerprint density at radius 1 is 1.00 bits per heavy atom. The van der Waals surface area contributed by atoms with Gasteiger partial charge in [-0.2, -0.15) is 0 Å². The largest absolute Gasteiger partial charge is 0.289 e. The van der Waals surface area contributed by atoms with Gasteiger partial charge in [0.25, 0.3) is 0 Å². The first-order valence-electron chi connectivity index (χ1n) is 6.41. The molecule has 2 rings (SSSR count). The van der Waals surface area contributed by atoms with Crippen molar-refractivity contribution in [3.63, 3.8) is 0 Å². The van der Waals surface area contributed by atoms with Gasteiger partial charge < -0.3 is 0 Å². The van der Waals surface area contributed by atoms with E-state index in [1.165, 1.54) is 11.1 Å². The zero-order chi connectivity index (χ0) is 13.0. The third-order valence-electron chi connectivity index (χ3n) is 3.04. The van der Waals surface area contributed by atoms with Crippen molar-refractivity contribution in [1.82, 2.24) is 0 Å². The van der Waals surface area contributed by atoms with Crippen molar-refractivity contribution in [2.75, 3.05) is 0 Å². The van der Waals surface area contributed by atoms with E-state index in [2.05, 4.69) is 13.0 Å². The van der Waals surface area contributed by atoms with Crippen LogP contribution in [-0.2, 0) is 6.42 Å². The summed E-state index contributed by atoms with van der Waals surface area (Å²) in [5, 5.41) is 0. The van der Waals surface area contributed by atoms with Crippen LogP contribution in [-0.4, -0.2) is 5.78 Å². The highest BCUT2D eigenvalue weighted by Gasteiger charge is 2.08. The lowest BCUT2D eigenvalue weighted by Gasteiger charge is -2.04. The van der Waals surface area contributed by atoms with E-state index in [4.69, 9.17) is 0 Å². The van der Waals surface area contributed by atoms with Gasteiger partial charge in [-0.1, -0.05) is 61.4 Å². The molecule has 18 heavy (non-hydrogen) atoms. The van der Waals surface area contributed by atoms with Gasteiger partial charge in [-0.15, -0.1) is 0 Å². The summed E-state index contributed by atoms with van der Waals surface area (Å²) in [5.41, 5.74) is 3.95. The Balaban J connectivity index is 2.28. The maximum absolute atomic E-state index is 12.3. The minimum atomic E-state index is 0.105. The second-order valence-corrected chi connectivity index (χ2v) is 4.65. The molecule has 0 bridgehead atoms. The minimum Gasteiger partial charge on any atom is -0.289 e. The number of rotatable bonds is 4. The van der Waals surface area contributed by atoms with E-state index in [1.807, 2.05) is 49.4 Å². The Labute approximate surface area is 108 Å². The Morgan fingerprint density at radius 2 is 1.72 bits per heavy atom. The molecule has 0 unspecified atom stereocenters. The lowest BCUT2D eigenvalue weighted by molar-refractivity contribution is 0.103. The van der Waals surface area contributed by atoms with Crippen molar-refractivity contribution < 1.29 is 4.79 Å². The zero-order valence-corrected chi connectivity index (χ0v) is 10.9. The zero-order valence-electron chi connectivity index (χ0n) is 10.9. The number of benzene rings is 2. The molecule has 2 aromatic rings. The number of hydrogen-bond acceptors (Lipinski definition) is 1. The van der Waals surface area contributed by atoms with E-state index < -0.39 is 0 Å². The topological polar surface area (TPSA) is 17.1 Å². The van der Waals surface area contributed by atoms with E-state index >= 15 is 0 Å². The molecular weight excluding hydrogens is 220 g/mol. The highest BCUT2D eigenvalue weighted by Crippen LogP contribution is 2.13. The van der Waals surface area contributed by atoms with Gasteiger partial charge in [0.1, 0.15) is 0 Å². The molecule has 0 amide bonds. The van der Waals surface area contributed by atoms with Crippen LogP contribution in [0, 0.1) is 6.92 Å². The van der Waals surface area contributed by atoms with Gasteiger partial charge in [-0.3, -0.25) is 4.79 Å². The SMILES string of the molecule is CCCc1cccc(C(=O)c2ccc(C)cc2)c1. The molecule has 0 saturated carbocycles. The van der Waals surface area contributed by atoms with Crippen molar-refractivity contribution in [1.29, 1.82) is 0 Å². The van der Waals surface area contributed by atoms with Gasteiger partial charge in [-0.05, 0) is 25.0 Å². The molecule has 1 heteroatoms. The molecule has 0 aliphatic rings. The van der Waals surface area contributed by atoms with Gasteiger partial charge in [0.15, 0.2) is 5.78 Å². The van der Waals surface area contributed by atoms with Crippen LogP contribution in [0.5, 0.6) is 0 Å². The van der Waals surface area contributed by atoms with E-state index in [-0.39, 0.29) is 5.78 Å². The summed E-state index contributed by atoms with van der Waals surface area (Å²) < 4.78 is 0. The third-order valence-corrected chi connectivity index (χ3v) is 3.04. The van der Waals surface area contributed by atoms with Crippen molar-refractivity contribution in [3.05, 3.63) is 70.8 Å². The van der Waals surface area contributed by atoms with Gasteiger partial charge in [-0.25, -0.2) is 0 Å². The number of carbonyl (C=O) groups is 1. The Kier molecular flexibility index (Phi) is 3.93. The highest BCUT2D eigenvalue weighted by molar-refractivity contribution is 6.09. The van der Waals surface area contributed by atoms with Gasteiger partial charge in [0.2, 0.25) is 0 Å². The number of ketones is 1. The maximum Gasteiger partial charge on any atom is 0.193 e. The molecule has 0 aliphatic carbocycles. The summed E-state index contributed by atoms with van der Waals surface area (Å²) in [6, 6.07) is 15.7. The molecule has 0 spiro atoms. The molecule has 92 valence electrons. The second kappa shape index (κ2) is 5.63. The molecule has 0 saturated heterocycles. The molecule has 1 nitrogen and oxygen atoms in total. The molecule has 0 aromatic heterocycles. The summed E-state index contributed by atoms with van der Waals surface area (Å²) in [6.07, 6.45) is 2.12. The van der Waals surface area contributed by atoms with Crippen molar-refractivity contribution >= 4 is 5.78 Å². The Morgan fingerprint density at radius 3 is 2.39 bits per heavy atom. The van der Waals surface area contributed by atoms with E-state index in [0.717, 1.165) is 24.0 Å². The summed E-state index contributed by atoms with van der Waals surface area (Å²) in [4.78, 5) is 12.3. The molecule has 0 aliphatic heterocycles. The van der Waals surface area contributed by atoms with Crippen molar-refractivity contribution in [3.8, 4) is 0 Å². The summed E-state index contributed by atoms with van der Waals surface area (Å²) >= 11 is 0. The number of hydrogen-bond donors (Lipinski definition) is 0. The van der Waals surface area contributed by atoms with Crippen LogP contribution in [0.15, 0.2) is 48.5 Å². The van der Waals surface area contributed by atoms with Crippen LogP contribution in [0.3, 0.4) is 0 Å². The fourth-order valence-electron chi connectivity index (χ4n) is 2.03. The average Bonchev–Trinajstić information content (AvgIpc) is 2.39. The molecule has 0 heterocycles. The van der Waals surface area contributed by atoms with E-state index in [9.17, 15) is 4.79 Å². The predicted molar refractivity (Wildman–Crippen MR) is 75.0 cm³/mol. The first-order valence-corrected chi connectivity index (χ1v) is 6.41. The molecular formula is C17H18O. The van der Waals surface area contributed by atoms with Crippen molar-refractivity contribution in [2.45, 2.75) is 26.7 Å². The summed E-state index contributed by atoms with van der Waals surface area (Å²) in [6.45, 7) is 4.17. The van der Waals surface area contributed by atoms with Gasteiger partial charge in [0.05, 0.1) is 0 Å². The van der Waals surface area contributed by atoms with E-state index in [1.54, 1.807) is 0 Å². The van der Waals surface area contributed by atoms with Crippen LogP contribution in [0.25, 0.3) is 0 Å². The van der Waals surface area contributed by atoms with Crippen molar-refractivity contribution in [2.24, 2.45) is 0 Å². The van der Waals surface area contributed by atoms with E-state index in [0.29, 0.717) is 0 Å². The Bertz CT molecular complexity index is 538. The second-order valence-electron chi connectivity index (χ2n) is 4.65. The summed E-state index contributed by atoms with van der Waals surface area (Å²) in [5.74, 6) is 0.105. The Hall–Kier alpha value is -1.89. The molecule has 0 atom stereocenters. The molecule has 0 fully saturated rings. The van der Waals surface area contributed by atoms with Crippen LogP contribution in [0.1, 0.15) is 40.4 Å². The van der Waals surface area contributed by atoms with Crippen LogP contribution < -0.4 is 0 Å². The first kappa shape index (κ1) is 12.6. The molecule has 2 aromatic carbocycles. The monoisotopic (exact) mass is 238 g/mol. The number of aryl methyl sites for hydroxylation is 2. The third kappa shape index (κ3) is 2.86. The maximum atomic E-state index is 12.3. The summed E-state index contributed by atoms with van der Waals surface area (Å²) in [7, 11) is 0. The van der Waals surface area contributed by atoms with Crippen LogP contribution in [0.4, 0.5) is 0 Å². The first-order chi connectivity index (χ1) is 8.70. The van der Waals surface area contributed by atoms with Crippen LogP contribution >= 0.6 is 0 Å². The fourth-order valence-corrected chi connectivity index (χ4v) is 2.03. The molecule has 0 radical (unpaired) electrons. The van der Waals surface area contributed by atoms with Gasteiger partial charge in [0, 0.05) is 11.1 Å². The predicted octanol–water partition coefficient (Wildman–Crippen LogP) is 4.18. The van der Waals surface area contributed by atoms with Gasteiger partial charge >= 0.3 is 0 Å². The average molecular weight is 238 g/mol. The smallest absolute Gasteiger partial charge is 0.193 e. The quantitative estimate of drug-likeness (QED) is 0.730. The normalized spacial score (nSPS) is 10.3. The lowest BCUT2D eigenvalue weighted by Crippen LogP contribution is -2.01. The highest BCUT2D eigenvalue weighted by atomic mass is 16.1. The molecule has 0 N–H and O–H groups in total. The number of carbonyl (C=O) groups excluding carboxylic acids is 1. The van der Waals surface area contributed by atoms with Crippen LogP contribution in [0.2, 0.25) is 0 Å².